The standard InChI is InChI=1S/C15H25N5O/c1-4-12-10-19(3)8-5-9-20(12)15-13(14(16)18-21)7-6-11(2)17-15/h6-7,12,21H,4-5,8-10H2,1-3H3,(H2,16,18). The van der Waals surface area contributed by atoms with Gasteiger partial charge in [-0.25, -0.2) is 4.98 Å². The second kappa shape index (κ2) is 6.76. The van der Waals surface area contributed by atoms with Gasteiger partial charge in [-0.2, -0.15) is 0 Å². The fourth-order valence-electron chi connectivity index (χ4n) is 2.89. The summed E-state index contributed by atoms with van der Waals surface area (Å²) >= 11 is 0. The highest BCUT2D eigenvalue weighted by atomic mass is 16.4. The molecule has 1 aromatic heterocycles. The smallest absolute Gasteiger partial charge is 0.173 e. The first-order chi connectivity index (χ1) is 10.1. The first kappa shape index (κ1) is 15.6. The normalized spacial score (nSPS) is 21.4. The summed E-state index contributed by atoms with van der Waals surface area (Å²) in [6, 6.07) is 4.16. The largest absolute Gasteiger partial charge is 0.409 e. The Kier molecular flexibility index (Phi) is 5.01. The highest BCUT2D eigenvalue weighted by Crippen LogP contribution is 2.24. The van der Waals surface area contributed by atoms with Crippen molar-refractivity contribution in [1.82, 2.24) is 9.88 Å². The molecule has 21 heavy (non-hydrogen) atoms. The van der Waals surface area contributed by atoms with Gasteiger partial charge in [-0.1, -0.05) is 12.1 Å². The van der Waals surface area contributed by atoms with Gasteiger partial charge >= 0.3 is 0 Å². The van der Waals surface area contributed by atoms with E-state index in [1.165, 1.54) is 0 Å². The zero-order valence-electron chi connectivity index (χ0n) is 13.1. The molecular formula is C15H25N5O. The summed E-state index contributed by atoms with van der Waals surface area (Å²) < 4.78 is 0. The van der Waals surface area contributed by atoms with E-state index >= 15 is 0 Å². The number of nitrogens with two attached hydrogens (primary N) is 1. The van der Waals surface area contributed by atoms with Crippen LogP contribution in [0.5, 0.6) is 0 Å². The molecule has 0 radical (unpaired) electrons. The van der Waals surface area contributed by atoms with E-state index in [0.29, 0.717) is 11.6 Å². The summed E-state index contributed by atoms with van der Waals surface area (Å²) in [5.41, 5.74) is 7.47. The third kappa shape index (κ3) is 3.44. The van der Waals surface area contributed by atoms with E-state index in [4.69, 9.17) is 10.9 Å². The van der Waals surface area contributed by atoms with Crippen molar-refractivity contribution < 1.29 is 5.21 Å². The molecule has 1 saturated heterocycles. The monoisotopic (exact) mass is 291 g/mol. The van der Waals surface area contributed by atoms with E-state index in [1.807, 2.05) is 19.1 Å². The average Bonchev–Trinajstić information content (AvgIpc) is 2.67. The highest BCUT2D eigenvalue weighted by Gasteiger charge is 2.26. The Labute approximate surface area is 126 Å². The second-order valence-corrected chi connectivity index (χ2v) is 5.68. The Morgan fingerprint density at radius 3 is 2.90 bits per heavy atom. The molecule has 0 bridgehead atoms. The Balaban J connectivity index is 2.44. The zero-order valence-corrected chi connectivity index (χ0v) is 13.1. The van der Waals surface area contributed by atoms with Crippen LogP contribution in [0.3, 0.4) is 0 Å². The van der Waals surface area contributed by atoms with Gasteiger partial charge in [-0.05, 0) is 45.5 Å². The first-order valence-corrected chi connectivity index (χ1v) is 7.47. The quantitative estimate of drug-likeness (QED) is 0.381. The molecule has 1 fully saturated rings. The molecule has 0 saturated carbocycles. The molecule has 3 N–H and O–H groups in total. The van der Waals surface area contributed by atoms with Crippen molar-refractivity contribution in [3.63, 3.8) is 0 Å². The number of likely N-dealkylation sites (N-methyl/N-ethyl adjacent to an activating group) is 1. The van der Waals surface area contributed by atoms with Crippen LogP contribution in [-0.4, -0.2) is 53.7 Å². The van der Waals surface area contributed by atoms with Gasteiger partial charge in [-0.15, -0.1) is 0 Å². The van der Waals surface area contributed by atoms with Crippen molar-refractivity contribution in [2.75, 3.05) is 31.6 Å². The van der Waals surface area contributed by atoms with Gasteiger partial charge in [0.1, 0.15) is 5.82 Å². The van der Waals surface area contributed by atoms with Crippen LogP contribution >= 0.6 is 0 Å². The number of aromatic nitrogens is 1. The predicted molar refractivity (Wildman–Crippen MR) is 85.0 cm³/mol. The lowest BCUT2D eigenvalue weighted by Crippen LogP contribution is -2.41. The summed E-state index contributed by atoms with van der Waals surface area (Å²) in [6.07, 6.45) is 2.12. The molecule has 0 aliphatic carbocycles. The number of pyridine rings is 1. The maximum atomic E-state index is 9.01. The minimum atomic E-state index is 0.116. The molecule has 1 aromatic rings. The van der Waals surface area contributed by atoms with E-state index in [9.17, 15) is 0 Å². The van der Waals surface area contributed by atoms with Crippen LogP contribution in [0.1, 0.15) is 31.0 Å². The van der Waals surface area contributed by atoms with E-state index in [1.54, 1.807) is 0 Å². The van der Waals surface area contributed by atoms with Crippen LogP contribution in [-0.2, 0) is 0 Å². The third-order valence-electron chi connectivity index (χ3n) is 4.04. The van der Waals surface area contributed by atoms with Crippen LogP contribution in [0.2, 0.25) is 0 Å². The van der Waals surface area contributed by atoms with Crippen LogP contribution in [0.15, 0.2) is 17.3 Å². The minimum Gasteiger partial charge on any atom is -0.409 e. The maximum absolute atomic E-state index is 9.01. The second-order valence-electron chi connectivity index (χ2n) is 5.68. The van der Waals surface area contributed by atoms with E-state index < -0.39 is 0 Å². The fourth-order valence-corrected chi connectivity index (χ4v) is 2.89. The Morgan fingerprint density at radius 2 is 2.24 bits per heavy atom. The zero-order chi connectivity index (χ0) is 15.4. The van der Waals surface area contributed by atoms with Crippen molar-refractivity contribution in [1.29, 1.82) is 0 Å². The van der Waals surface area contributed by atoms with E-state index in [0.717, 1.165) is 44.0 Å². The highest BCUT2D eigenvalue weighted by molar-refractivity contribution is 6.01. The number of rotatable bonds is 3. The number of nitrogens with zero attached hydrogens (tertiary/aromatic N) is 4. The molecule has 2 rings (SSSR count). The summed E-state index contributed by atoms with van der Waals surface area (Å²) in [4.78, 5) is 9.33. The number of hydrogen-bond donors (Lipinski definition) is 2. The van der Waals surface area contributed by atoms with Crippen LogP contribution < -0.4 is 10.6 Å². The van der Waals surface area contributed by atoms with Gasteiger partial charge in [-0.3, -0.25) is 0 Å². The molecule has 0 aromatic carbocycles. The average molecular weight is 291 g/mol. The lowest BCUT2D eigenvalue weighted by Gasteiger charge is -2.32. The Hall–Kier alpha value is -1.82. The maximum Gasteiger partial charge on any atom is 0.173 e. The van der Waals surface area contributed by atoms with Crippen molar-refractivity contribution in [3.05, 3.63) is 23.4 Å². The van der Waals surface area contributed by atoms with Gasteiger partial charge < -0.3 is 20.7 Å². The summed E-state index contributed by atoms with van der Waals surface area (Å²) in [6.45, 7) is 7.17. The lowest BCUT2D eigenvalue weighted by molar-refractivity contribution is 0.318. The molecule has 2 heterocycles. The van der Waals surface area contributed by atoms with E-state index in [2.05, 4.69) is 33.9 Å². The molecule has 1 aliphatic rings. The number of hydrogen-bond acceptors (Lipinski definition) is 5. The molecule has 6 heteroatoms. The molecule has 1 aliphatic heterocycles. The number of anilines is 1. The summed E-state index contributed by atoms with van der Waals surface area (Å²) in [5.74, 6) is 0.942. The fraction of sp³-hybridized carbons (Fsp3) is 0.600. The molecule has 0 amide bonds. The van der Waals surface area contributed by atoms with Gasteiger partial charge in [0, 0.05) is 24.8 Å². The molecule has 1 atom stereocenters. The summed E-state index contributed by atoms with van der Waals surface area (Å²) in [7, 11) is 2.15. The van der Waals surface area contributed by atoms with Crippen LogP contribution in [0, 0.1) is 6.92 Å². The van der Waals surface area contributed by atoms with Gasteiger partial charge in [0.25, 0.3) is 0 Å². The van der Waals surface area contributed by atoms with E-state index in [-0.39, 0.29) is 5.84 Å². The predicted octanol–water partition coefficient (Wildman–Crippen LogP) is 1.41. The minimum absolute atomic E-state index is 0.116. The molecule has 1 unspecified atom stereocenters. The van der Waals surface area contributed by atoms with Crippen LogP contribution in [0.4, 0.5) is 5.82 Å². The van der Waals surface area contributed by atoms with Gasteiger partial charge in [0.15, 0.2) is 5.84 Å². The lowest BCUT2D eigenvalue weighted by atomic mass is 10.1. The van der Waals surface area contributed by atoms with Crippen molar-refractivity contribution in [2.24, 2.45) is 10.9 Å². The first-order valence-electron chi connectivity index (χ1n) is 7.47. The summed E-state index contributed by atoms with van der Waals surface area (Å²) in [5, 5.41) is 12.2. The third-order valence-corrected chi connectivity index (χ3v) is 4.04. The number of aryl methyl sites for hydroxylation is 1. The van der Waals surface area contributed by atoms with Crippen molar-refractivity contribution in [3.8, 4) is 0 Å². The Morgan fingerprint density at radius 1 is 1.48 bits per heavy atom. The Bertz CT molecular complexity index is 517. The molecule has 0 spiro atoms. The molecule has 6 nitrogen and oxygen atoms in total. The van der Waals surface area contributed by atoms with Gasteiger partial charge in [0.05, 0.1) is 5.56 Å². The molecular weight excluding hydrogens is 266 g/mol. The number of oxime groups is 1. The van der Waals surface area contributed by atoms with Crippen molar-refractivity contribution >= 4 is 11.7 Å². The SMILES string of the molecule is CCC1CN(C)CCCN1c1nc(C)ccc1/C(N)=N/O. The topological polar surface area (TPSA) is 78.0 Å². The van der Waals surface area contributed by atoms with Crippen LogP contribution in [0.25, 0.3) is 0 Å². The molecule has 116 valence electrons. The van der Waals surface area contributed by atoms with Gasteiger partial charge in [0.2, 0.25) is 0 Å². The number of amidine groups is 1. The van der Waals surface area contributed by atoms with Crippen molar-refractivity contribution in [2.45, 2.75) is 32.7 Å².